The highest BCUT2D eigenvalue weighted by atomic mass is 32.2. The van der Waals surface area contributed by atoms with E-state index < -0.39 is 5.91 Å². The molecule has 0 unspecified atom stereocenters. The highest BCUT2D eigenvalue weighted by Crippen LogP contribution is 2.25. The highest BCUT2D eigenvalue weighted by molar-refractivity contribution is 7.99. The normalized spacial score (nSPS) is 10.6. The molecular weight excluding hydrogens is 364 g/mol. The number of aryl methyl sites for hydroxylation is 1. The monoisotopic (exact) mass is 384 g/mol. The van der Waals surface area contributed by atoms with Crippen molar-refractivity contribution in [3.63, 3.8) is 0 Å². The van der Waals surface area contributed by atoms with Gasteiger partial charge in [0.2, 0.25) is 5.91 Å². The molecule has 3 rings (SSSR count). The van der Waals surface area contributed by atoms with Gasteiger partial charge in [-0.25, -0.2) is 0 Å². The van der Waals surface area contributed by atoms with Crippen molar-refractivity contribution in [2.24, 2.45) is 5.73 Å². The van der Waals surface area contributed by atoms with Crippen molar-refractivity contribution in [2.75, 3.05) is 12.9 Å². The van der Waals surface area contributed by atoms with Gasteiger partial charge in [-0.1, -0.05) is 36.0 Å². The summed E-state index contributed by atoms with van der Waals surface area (Å²) in [4.78, 5) is 11.2. The van der Waals surface area contributed by atoms with Gasteiger partial charge in [-0.05, 0) is 30.7 Å². The van der Waals surface area contributed by atoms with E-state index in [9.17, 15) is 4.79 Å². The molecule has 140 valence electrons. The number of hydrogen-bond donors (Lipinski definition) is 1. The molecule has 0 atom stereocenters. The molecule has 0 fully saturated rings. The lowest BCUT2D eigenvalue weighted by atomic mass is 10.2. The minimum Gasteiger partial charge on any atom is -0.497 e. The Hall–Kier alpha value is -3.00. The number of nitrogens with two attached hydrogens (primary N) is 1. The number of ether oxygens (including phenoxy) is 2. The second-order valence-electron chi connectivity index (χ2n) is 5.74. The maximum absolute atomic E-state index is 11.2. The third-order valence-corrected chi connectivity index (χ3v) is 4.76. The van der Waals surface area contributed by atoms with Crippen molar-refractivity contribution in [1.29, 1.82) is 0 Å². The molecule has 0 radical (unpaired) electrons. The second kappa shape index (κ2) is 8.59. The number of amides is 1. The van der Waals surface area contributed by atoms with E-state index in [2.05, 4.69) is 10.2 Å². The predicted octanol–water partition coefficient (Wildman–Crippen LogP) is 2.74. The van der Waals surface area contributed by atoms with Crippen LogP contribution in [0.25, 0.3) is 5.69 Å². The lowest BCUT2D eigenvalue weighted by Crippen LogP contribution is -2.14. The smallest absolute Gasteiger partial charge is 0.227 e. The standard InChI is InChI=1S/C19H20N4O3S/c1-13-6-3-4-9-16(13)26-11-18-21-22-19(27-12-17(20)24)23(18)14-7-5-8-15(10-14)25-2/h3-10H,11-12H2,1-2H3,(H2,20,24). The van der Waals surface area contributed by atoms with Crippen LogP contribution in [-0.2, 0) is 11.4 Å². The number of rotatable bonds is 8. The van der Waals surface area contributed by atoms with E-state index in [4.69, 9.17) is 15.2 Å². The zero-order chi connectivity index (χ0) is 19.2. The number of methoxy groups -OCH3 is 1. The Morgan fingerprint density at radius 1 is 1.19 bits per heavy atom. The van der Waals surface area contributed by atoms with Crippen LogP contribution in [0.4, 0.5) is 0 Å². The fraction of sp³-hybridized carbons (Fsp3) is 0.211. The molecule has 0 spiro atoms. The number of hydrogen-bond acceptors (Lipinski definition) is 6. The number of thioether (sulfide) groups is 1. The summed E-state index contributed by atoms with van der Waals surface area (Å²) in [6, 6.07) is 15.3. The lowest BCUT2D eigenvalue weighted by Gasteiger charge is -2.12. The van der Waals surface area contributed by atoms with Gasteiger partial charge < -0.3 is 15.2 Å². The zero-order valence-electron chi connectivity index (χ0n) is 15.1. The predicted molar refractivity (Wildman–Crippen MR) is 103 cm³/mol. The van der Waals surface area contributed by atoms with Crippen LogP contribution in [0.1, 0.15) is 11.4 Å². The summed E-state index contributed by atoms with van der Waals surface area (Å²) in [6.07, 6.45) is 0. The topological polar surface area (TPSA) is 92.3 Å². The third-order valence-electron chi connectivity index (χ3n) is 3.81. The second-order valence-corrected chi connectivity index (χ2v) is 6.69. The molecule has 2 N–H and O–H groups in total. The maximum Gasteiger partial charge on any atom is 0.227 e. The van der Waals surface area contributed by atoms with Gasteiger partial charge in [-0.15, -0.1) is 10.2 Å². The Kier molecular flexibility index (Phi) is 5.97. The molecule has 0 bridgehead atoms. The van der Waals surface area contributed by atoms with Crippen LogP contribution in [0.2, 0.25) is 0 Å². The van der Waals surface area contributed by atoms with E-state index >= 15 is 0 Å². The molecule has 1 heterocycles. The zero-order valence-corrected chi connectivity index (χ0v) is 15.9. The molecule has 0 saturated carbocycles. The average Bonchev–Trinajstić information content (AvgIpc) is 3.08. The van der Waals surface area contributed by atoms with E-state index in [1.165, 1.54) is 11.8 Å². The molecular formula is C19H20N4O3S. The maximum atomic E-state index is 11.2. The van der Waals surface area contributed by atoms with E-state index in [-0.39, 0.29) is 12.4 Å². The summed E-state index contributed by atoms with van der Waals surface area (Å²) in [6.45, 7) is 2.21. The Morgan fingerprint density at radius 2 is 2.00 bits per heavy atom. The van der Waals surface area contributed by atoms with Crippen molar-refractivity contribution in [3.05, 3.63) is 59.9 Å². The number of para-hydroxylation sites is 1. The summed E-state index contributed by atoms with van der Waals surface area (Å²) in [5.74, 6) is 1.79. The van der Waals surface area contributed by atoms with E-state index in [0.717, 1.165) is 17.0 Å². The molecule has 0 aliphatic carbocycles. The summed E-state index contributed by atoms with van der Waals surface area (Å²) < 4.78 is 13.1. The molecule has 1 aromatic heterocycles. The Balaban J connectivity index is 1.93. The van der Waals surface area contributed by atoms with Crippen molar-refractivity contribution in [3.8, 4) is 17.2 Å². The summed E-state index contributed by atoms with van der Waals surface area (Å²) >= 11 is 1.23. The van der Waals surface area contributed by atoms with Crippen LogP contribution >= 0.6 is 11.8 Å². The summed E-state index contributed by atoms with van der Waals surface area (Å²) in [7, 11) is 1.61. The first-order valence-electron chi connectivity index (χ1n) is 8.26. The SMILES string of the molecule is COc1cccc(-n2c(COc3ccccc3C)nnc2SCC(N)=O)c1. The molecule has 27 heavy (non-hydrogen) atoms. The summed E-state index contributed by atoms with van der Waals surface area (Å²) in [5, 5.41) is 9.01. The minimum atomic E-state index is -0.419. The van der Waals surface area contributed by atoms with Crippen molar-refractivity contribution in [2.45, 2.75) is 18.7 Å². The van der Waals surface area contributed by atoms with Gasteiger partial charge in [0.25, 0.3) is 0 Å². The van der Waals surface area contributed by atoms with Crippen molar-refractivity contribution < 1.29 is 14.3 Å². The highest BCUT2D eigenvalue weighted by Gasteiger charge is 2.16. The van der Waals surface area contributed by atoms with Gasteiger partial charge >= 0.3 is 0 Å². The Bertz CT molecular complexity index is 942. The average molecular weight is 384 g/mol. The molecule has 0 aliphatic heterocycles. The number of carbonyl (C=O) groups is 1. The molecule has 0 aliphatic rings. The molecule has 7 nitrogen and oxygen atoms in total. The van der Waals surface area contributed by atoms with Gasteiger partial charge in [0, 0.05) is 6.07 Å². The first-order valence-corrected chi connectivity index (χ1v) is 9.25. The van der Waals surface area contributed by atoms with Crippen LogP contribution in [0.15, 0.2) is 53.7 Å². The van der Waals surface area contributed by atoms with Gasteiger partial charge in [0.05, 0.1) is 18.6 Å². The fourth-order valence-electron chi connectivity index (χ4n) is 2.49. The van der Waals surface area contributed by atoms with E-state index in [1.54, 1.807) is 7.11 Å². The number of aromatic nitrogens is 3. The van der Waals surface area contributed by atoms with Crippen LogP contribution in [-0.4, -0.2) is 33.5 Å². The molecule has 2 aromatic carbocycles. The Morgan fingerprint density at radius 3 is 2.74 bits per heavy atom. The molecule has 3 aromatic rings. The lowest BCUT2D eigenvalue weighted by molar-refractivity contribution is -0.115. The number of primary amides is 1. The molecule has 1 amide bonds. The third kappa shape index (κ3) is 4.59. The first kappa shape index (κ1) is 18.8. The van der Waals surface area contributed by atoms with Crippen molar-refractivity contribution in [1.82, 2.24) is 14.8 Å². The van der Waals surface area contributed by atoms with E-state index in [1.807, 2.05) is 60.0 Å². The van der Waals surface area contributed by atoms with Gasteiger partial charge in [0.1, 0.15) is 18.1 Å². The van der Waals surface area contributed by atoms with Gasteiger partial charge in [0.15, 0.2) is 11.0 Å². The number of benzene rings is 2. The minimum absolute atomic E-state index is 0.112. The number of carbonyl (C=O) groups excluding carboxylic acids is 1. The number of nitrogens with zero attached hydrogens (tertiary/aromatic N) is 3. The van der Waals surface area contributed by atoms with Gasteiger partial charge in [-0.3, -0.25) is 9.36 Å². The Labute approximate surface area is 161 Å². The van der Waals surface area contributed by atoms with Crippen LogP contribution in [0.3, 0.4) is 0 Å². The van der Waals surface area contributed by atoms with E-state index in [0.29, 0.717) is 16.7 Å². The quantitative estimate of drug-likeness (QED) is 0.601. The largest absolute Gasteiger partial charge is 0.497 e. The van der Waals surface area contributed by atoms with Crippen LogP contribution in [0, 0.1) is 6.92 Å². The van der Waals surface area contributed by atoms with Crippen molar-refractivity contribution >= 4 is 17.7 Å². The first-order chi connectivity index (χ1) is 13.1. The molecule has 0 saturated heterocycles. The molecule has 8 heteroatoms. The fourth-order valence-corrected chi connectivity index (χ4v) is 3.20. The summed E-state index contributed by atoms with van der Waals surface area (Å²) in [5.41, 5.74) is 7.12. The van der Waals surface area contributed by atoms with Crippen LogP contribution in [0.5, 0.6) is 11.5 Å². The van der Waals surface area contributed by atoms with Crippen LogP contribution < -0.4 is 15.2 Å². The van der Waals surface area contributed by atoms with Gasteiger partial charge in [-0.2, -0.15) is 0 Å².